The van der Waals surface area contributed by atoms with Crippen LogP contribution in [0.5, 0.6) is 5.75 Å². The zero-order valence-corrected chi connectivity index (χ0v) is 23.1. The molecule has 40 heavy (non-hydrogen) atoms. The molecule has 0 radical (unpaired) electrons. The van der Waals surface area contributed by atoms with Crippen LogP contribution in [-0.4, -0.2) is 68.4 Å². The number of nitrogens with one attached hydrogen (secondary N) is 2. The summed E-state index contributed by atoms with van der Waals surface area (Å²) in [5, 5.41) is 13.5. The van der Waals surface area contributed by atoms with Crippen LogP contribution in [0.25, 0.3) is 10.9 Å². The second-order valence-electron chi connectivity index (χ2n) is 10.5. The van der Waals surface area contributed by atoms with Gasteiger partial charge >= 0.3 is 0 Å². The minimum absolute atomic E-state index is 0.167. The molecule has 3 N–H and O–H groups in total. The Hall–Kier alpha value is -3.57. The van der Waals surface area contributed by atoms with Crippen LogP contribution in [0, 0.1) is 22.9 Å². The highest BCUT2D eigenvalue weighted by Gasteiger charge is 2.40. The lowest BCUT2D eigenvalue weighted by atomic mass is 9.73. The molecule has 0 bridgehead atoms. The van der Waals surface area contributed by atoms with E-state index in [9.17, 15) is 23.2 Å². The molecule has 8 nitrogen and oxygen atoms in total. The van der Waals surface area contributed by atoms with Gasteiger partial charge in [-0.2, -0.15) is 0 Å². The molecule has 4 rings (SSSR count). The van der Waals surface area contributed by atoms with Crippen molar-refractivity contribution in [3.05, 3.63) is 59.5 Å². The van der Waals surface area contributed by atoms with E-state index in [-0.39, 0.29) is 11.6 Å². The largest absolute Gasteiger partial charge is 0.497 e. The van der Waals surface area contributed by atoms with E-state index in [1.165, 1.54) is 0 Å². The normalized spacial score (nSPS) is 15.2. The third-order valence-electron chi connectivity index (χ3n) is 7.87. The number of aryl methyl sites for hydroxylation is 1. The average Bonchev–Trinajstić information content (AvgIpc) is 2.95. The molecule has 1 amide bonds. The summed E-state index contributed by atoms with van der Waals surface area (Å²) in [6.07, 6.45) is 5.03. The fourth-order valence-electron chi connectivity index (χ4n) is 5.52. The fraction of sp³-hybridized carbons (Fsp3) is 0.448. The number of amides is 1. The zero-order chi connectivity index (χ0) is 28.9. The number of likely N-dealkylation sites (tertiary alicyclic amines) is 1. The molecule has 2 heterocycles. The van der Waals surface area contributed by atoms with Gasteiger partial charge in [0.25, 0.3) is 0 Å². The van der Waals surface area contributed by atoms with Crippen molar-refractivity contribution < 1.29 is 27.9 Å². The second kappa shape index (κ2) is 12.7. The van der Waals surface area contributed by atoms with Gasteiger partial charge in [0.1, 0.15) is 5.75 Å². The molecule has 1 aliphatic heterocycles. The number of hydroxylamine groups is 1. The highest BCUT2D eigenvalue weighted by molar-refractivity contribution is 5.88. The quantitative estimate of drug-likeness (QED) is 0.178. The minimum atomic E-state index is -1.49. The third-order valence-corrected chi connectivity index (χ3v) is 7.87. The maximum Gasteiger partial charge on any atom is 0.249 e. The number of benzene rings is 2. The van der Waals surface area contributed by atoms with Crippen molar-refractivity contribution >= 4 is 28.2 Å². The number of aromatic nitrogens is 1. The van der Waals surface area contributed by atoms with Crippen molar-refractivity contribution in [2.24, 2.45) is 5.41 Å². The second-order valence-corrected chi connectivity index (χ2v) is 10.5. The van der Waals surface area contributed by atoms with Crippen LogP contribution in [0.3, 0.4) is 0 Å². The summed E-state index contributed by atoms with van der Waals surface area (Å²) in [7, 11) is 5.58. The number of ether oxygens (including phenoxy) is 1. The Bertz CT molecular complexity index is 1320. The molecule has 0 atom stereocenters. The topological polar surface area (TPSA) is 90.0 Å². The third kappa shape index (κ3) is 6.42. The Balaban J connectivity index is 1.39. The Morgan fingerprint density at radius 3 is 2.48 bits per heavy atom. The van der Waals surface area contributed by atoms with E-state index in [2.05, 4.69) is 15.2 Å². The highest BCUT2D eigenvalue weighted by atomic mass is 19.2. The van der Waals surface area contributed by atoms with Gasteiger partial charge in [0.05, 0.1) is 29.9 Å². The van der Waals surface area contributed by atoms with E-state index >= 15 is 0 Å². The standard InChI is InChI=1S/C29H36F3N5O3/c1-36(2)26-18-34-25-7-6-20(40-3)17-22(25)21(26)5-4-8-29(28(38)35-39)9-12-37(13-10-29)14-11-33-19-15-23(30)27(32)24(31)16-19/h6-7,15-18,33,39H,4-5,8-14H2,1-3H3,(H,35,38). The van der Waals surface area contributed by atoms with Crippen molar-refractivity contribution in [2.45, 2.75) is 32.1 Å². The van der Waals surface area contributed by atoms with Crippen LogP contribution in [0.4, 0.5) is 24.5 Å². The van der Waals surface area contributed by atoms with E-state index in [4.69, 9.17) is 4.74 Å². The van der Waals surface area contributed by atoms with Crippen molar-refractivity contribution in [3.8, 4) is 5.75 Å². The number of carbonyl (C=O) groups is 1. The first kappa shape index (κ1) is 29.4. The van der Waals surface area contributed by atoms with Crippen molar-refractivity contribution in [1.82, 2.24) is 15.4 Å². The number of carbonyl (C=O) groups excluding carboxylic acids is 1. The number of pyridine rings is 1. The maximum atomic E-state index is 13.5. The zero-order valence-electron chi connectivity index (χ0n) is 23.1. The molecule has 0 unspecified atom stereocenters. The predicted octanol–water partition coefficient (Wildman–Crippen LogP) is 4.75. The lowest BCUT2D eigenvalue weighted by Gasteiger charge is -2.40. The number of hydrogen-bond donors (Lipinski definition) is 3. The van der Waals surface area contributed by atoms with Gasteiger partial charge in [-0.3, -0.25) is 15.0 Å². The minimum Gasteiger partial charge on any atom is -0.497 e. The van der Waals surface area contributed by atoms with Gasteiger partial charge in [0.2, 0.25) is 5.91 Å². The molecule has 0 spiro atoms. The first-order valence-corrected chi connectivity index (χ1v) is 13.4. The molecule has 0 aliphatic carbocycles. The van der Waals surface area contributed by atoms with Crippen molar-refractivity contribution in [2.75, 3.05) is 57.6 Å². The summed E-state index contributed by atoms with van der Waals surface area (Å²) < 4.78 is 45.6. The van der Waals surface area contributed by atoms with Crippen LogP contribution in [-0.2, 0) is 11.2 Å². The molecule has 3 aromatic rings. The number of piperidine rings is 1. The van der Waals surface area contributed by atoms with Crippen molar-refractivity contribution in [1.29, 1.82) is 0 Å². The summed E-state index contributed by atoms with van der Waals surface area (Å²) in [5.74, 6) is -3.60. The van der Waals surface area contributed by atoms with Crippen LogP contribution in [0.15, 0.2) is 36.5 Å². The fourth-order valence-corrected chi connectivity index (χ4v) is 5.52. The molecule has 1 aliphatic rings. The number of nitrogens with zero attached hydrogens (tertiary/aromatic N) is 3. The number of rotatable bonds is 11. The number of anilines is 2. The summed E-state index contributed by atoms with van der Waals surface area (Å²) in [5.41, 5.74) is 4.35. The highest BCUT2D eigenvalue weighted by Crippen LogP contribution is 2.38. The van der Waals surface area contributed by atoms with Gasteiger partial charge in [-0.15, -0.1) is 0 Å². The summed E-state index contributed by atoms with van der Waals surface area (Å²) >= 11 is 0. The van der Waals surface area contributed by atoms with Crippen molar-refractivity contribution in [3.63, 3.8) is 0 Å². The van der Waals surface area contributed by atoms with Crippen LogP contribution in [0.2, 0.25) is 0 Å². The molecule has 1 aromatic heterocycles. The lowest BCUT2D eigenvalue weighted by Crippen LogP contribution is -2.49. The monoisotopic (exact) mass is 559 g/mol. The Labute approximate surface area is 232 Å². The summed E-state index contributed by atoms with van der Waals surface area (Å²) in [6.45, 7) is 2.23. The van der Waals surface area contributed by atoms with E-state index in [1.54, 1.807) is 7.11 Å². The average molecular weight is 560 g/mol. The van der Waals surface area contributed by atoms with Gasteiger partial charge in [0, 0.05) is 50.4 Å². The number of methoxy groups -OCH3 is 1. The Morgan fingerprint density at radius 2 is 1.85 bits per heavy atom. The Morgan fingerprint density at radius 1 is 1.15 bits per heavy atom. The summed E-state index contributed by atoms with van der Waals surface area (Å²) in [6, 6.07) is 7.66. The number of fused-ring (bicyclic) bond motifs is 1. The molecular weight excluding hydrogens is 523 g/mol. The van der Waals surface area contributed by atoms with Crippen LogP contribution in [0.1, 0.15) is 31.2 Å². The van der Waals surface area contributed by atoms with Gasteiger partial charge in [-0.25, -0.2) is 18.7 Å². The molecule has 1 fully saturated rings. The van der Waals surface area contributed by atoms with Crippen LogP contribution >= 0.6 is 0 Å². The first-order chi connectivity index (χ1) is 19.2. The molecule has 1 saturated heterocycles. The predicted molar refractivity (Wildman–Crippen MR) is 148 cm³/mol. The van der Waals surface area contributed by atoms with Gasteiger partial charge in [-0.05, 0) is 69.0 Å². The molecule has 2 aromatic carbocycles. The van der Waals surface area contributed by atoms with E-state index < -0.39 is 22.9 Å². The summed E-state index contributed by atoms with van der Waals surface area (Å²) in [4.78, 5) is 21.6. The lowest BCUT2D eigenvalue weighted by molar-refractivity contribution is -0.143. The SMILES string of the molecule is COc1ccc2ncc(N(C)C)c(CCCC3(C(=O)NO)CCN(CCNc4cc(F)c(F)c(F)c4)CC3)c2c1. The van der Waals surface area contributed by atoms with E-state index in [1.807, 2.05) is 48.9 Å². The van der Waals surface area contributed by atoms with Crippen LogP contribution < -0.4 is 20.4 Å². The number of hydrogen-bond acceptors (Lipinski definition) is 7. The van der Waals surface area contributed by atoms with E-state index in [0.717, 1.165) is 52.9 Å². The van der Waals surface area contributed by atoms with Gasteiger partial charge in [0.15, 0.2) is 17.5 Å². The molecular formula is C29H36F3N5O3. The first-order valence-electron chi connectivity index (χ1n) is 13.4. The van der Waals surface area contributed by atoms with Gasteiger partial charge in [-0.1, -0.05) is 0 Å². The molecule has 0 saturated carbocycles. The maximum absolute atomic E-state index is 13.5. The smallest absolute Gasteiger partial charge is 0.249 e. The van der Waals surface area contributed by atoms with E-state index in [0.29, 0.717) is 45.4 Å². The molecule has 216 valence electrons. The number of halogens is 3. The van der Waals surface area contributed by atoms with Gasteiger partial charge < -0.3 is 19.9 Å². The molecule has 11 heteroatoms. The Kier molecular flexibility index (Phi) is 9.36.